The molecule has 0 aliphatic carbocycles. The molecule has 1 atom stereocenters. The fraction of sp³-hybridized carbons (Fsp3) is 0.333. The number of rotatable bonds is 6. The van der Waals surface area contributed by atoms with E-state index in [0.717, 1.165) is 17.9 Å². The first kappa shape index (κ1) is 15.5. The summed E-state index contributed by atoms with van der Waals surface area (Å²) in [6.45, 7) is 3.52. The van der Waals surface area contributed by atoms with Gasteiger partial charge in [0.1, 0.15) is 5.75 Å². The number of hydrogen-bond acceptors (Lipinski definition) is 3. The van der Waals surface area contributed by atoms with Crippen LogP contribution >= 0.6 is 0 Å². The molecule has 3 nitrogen and oxygen atoms in total. The van der Waals surface area contributed by atoms with Crippen molar-refractivity contribution in [1.82, 2.24) is 4.90 Å². The zero-order valence-electron chi connectivity index (χ0n) is 13.0. The Balaban J connectivity index is 2.18. The first-order valence-electron chi connectivity index (χ1n) is 7.24. The van der Waals surface area contributed by atoms with Crippen molar-refractivity contribution in [2.24, 2.45) is 5.73 Å². The molecule has 21 heavy (non-hydrogen) atoms. The van der Waals surface area contributed by atoms with Crippen LogP contribution in [0.1, 0.15) is 22.7 Å². The predicted molar refractivity (Wildman–Crippen MR) is 87.4 cm³/mol. The maximum Gasteiger partial charge on any atom is 0.123 e. The topological polar surface area (TPSA) is 38.5 Å². The van der Waals surface area contributed by atoms with Crippen LogP contribution in [0.25, 0.3) is 0 Å². The highest BCUT2D eigenvalue weighted by atomic mass is 16.5. The molecule has 2 N–H and O–H groups in total. The molecule has 0 amide bonds. The largest absolute Gasteiger partial charge is 0.496 e. The number of nitrogens with zero attached hydrogens (tertiary/aromatic N) is 1. The lowest BCUT2D eigenvalue weighted by molar-refractivity contribution is 0.236. The average molecular weight is 284 g/mol. The summed E-state index contributed by atoms with van der Waals surface area (Å²) in [7, 11) is 3.80. The lowest BCUT2D eigenvalue weighted by atomic mass is 10.0. The molecule has 0 bridgehead atoms. The molecule has 1 unspecified atom stereocenters. The molecule has 0 fully saturated rings. The van der Waals surface area contributed by atoms with Crippen molar-refractivity contribution in [2.75, 3.05) is 20.7 Å². The zero-order chi connectivity index (χ0) is 15.2. The fourth-order valence-electron chi connectivity index (χ4n) is 2.58. The Kier molecular flexibility index (Phi) is 5.37. The first-order valence-corrected chi connectivity index (χ1v) is 7.24. The number of aryl methyl sites for hydroxylation is 1. The summed E-state index contributed by atoms with van der Waals surface area (Å²) in [6, 6.07) is 16.8. The Morgan fingerprint density at radius 3 is 2.38 bits per heavy atom. The number of hydrogen-bond donors (Lipinski definition) is 1. The minimum atomic E-state index is 0.141. The second-order valence-electron chi connectivity index (χ2n) is 5.39. The molecular weight excluding hydrogens is 260 g/mol. The van der Waals surface area contributed by atoms with Gasteiger partial charge in [0.05, 0.1) is 13.2 Å². The summed E-state index contributed by atoms with van der Waals surface area (Å²) < 4.78 is 5.46. The number of likely N-dealkylation sites (N-methyl/N-ethyl adjacent to an activating group) is 1. The van der Waals surface area contributed by atoms with Crippen molar-refractivity contribution in [3.8, 4) is 5.75 Å². The summed E-state index contributed by atoms with van der Waals surface area (Å²) >= 11 is 0. The summed E-state index contributed by atoms with van der Waals surface area (Å²) in [4.78, 5) is 2.27. The van der Waals surface area contributed by atoms with Crippen molar-refractivity contribution >= 4 is 0 Å². The number of nitrogens with two attached hydrogens (primary N) is 1. The van der Waals surface area contributed by atoms with Gasteiger partial charge in [-0.15, -0.1) is 0 Å². The maximum atomic E-state index is 6.01. The molecule has 3 heteroatoms. The van der Waals surface area contributed by atoms with E-state index < -0.39 is 0 Å². The Morgan fingerprint density at radius 2 is 1.76 bits per heavy atom. The summed E-state index contributed by atoms with van der Waals surface area (Å²) in [5.41, 5.74) is 9.71. The quantitative estimate of drug-likeness (QED) is 0.885. The summed E-state index contributed by atoms with van der Waals surface area (Å²) in [6.07, 6.45) is 0. The van der Waals surface area contributed by atoms with Gasteiger partial charge in [-0.2, -0.15) is 0 Å². The Hall–Kier alpha value is -1.84. The van der Waals surface area contributed by atoms with Crippen molar-refractivity contribution in [3.05, 3.63) is 65.2 Å². The van der Waals surface area contributed by atoms with Gasteiger partial charge in [0, 0.05) is 18.7 Å². The molecule has 112 valence electrons. The Morgan fingerprint density at radius 1 is 1.10 bits per heavy atom. The van der Waals surface area contributed by atoms with Crippen LogP contribution in [-0.2, 0) is 6.54 Å². The van der Waals surface area contributed by atoms with Gasteiger partial charge in [0.15, 0.2) is 0 Å². The number of benzene rings is 2. The normalized spacial score (nSPS) is 12.4. The minimum Gasteiger partial charge on any atom is -0.496 e. The molecule has 2 aromatic rings. The highest BCUT2D eigenvalue weighted by Gasteiger charge is 2.19. The molecule has 2 aromatic carbocycles. The molecular formula is C18H24N2O. The molecule has 0 saturated carbocycles. The lowest BCUT2D eigenvalue weighted by Crippen LogP contribution is -2.30. The summed E-state index contributed by atoms with van der Waals surface area (Å²) in [5, 5.41) is 0. The van der Waals surface area contributed by atoms with Gasteiger partial charge in [-0.3, -0.25) is 4.90 Å². The number of methoxy groups -OCH3 is 1. The van der Waals surface area contributed by atoms with Crippen molar-refractivity contribution < 1.29 is 4.74 Å². The van der Waals surface area contributed by atoms with Gasteiger partial charge < -0.3 is 10.5 Å². The second-order valence-corrected chi connectivity index (χ2v) is 5.39. The van der Waals surface area contributed by atoms with Gasteiger partial charge in [-0.25, -0.2) is 0 Å². The fourth-order valence-corrected chi connectivity index (χ4v) is 2.58. The standard InChI is InChI=1S/C18H24N2O/c1-14-8-10-15(11-9-14)13-20(2)17(12-19)16-6-4-5-7-18(16)21-3/h4-11,17H,12-13,19H2,1-3H3. The highest BCUT2D eigenvalue weighted by Crippen LogP contribution is 2.28. The van der Waals surface area contributed by atoms with E-state index in [2.05, 4.69) is 49.2 Å². The van der Waals surface area contributed by atoms with Crippen molar-refractivity contribution in [1.29, 1.82) is 0 Å². The number of ether oxygens (including phenoxy) is 1. The zero-order valence-corrected chi connectivity index (χ0v) is 13.0. The third-order valence-corrected chi connectivity index (χ3v) is 3.81. The van der Waals surface area contributed by atoms with Crippen LogP contribution in [-0.4, -0.2) is 25.6 Å². The second kappa shape index (κ2) is 7.25. The van der Waals surface area contributed by atoms with Crippen molar-refractivity contribution in [2.45, 2.75) is 19.5 Å². The van der Waals surface area contributed by atoms with E-state index in [9.17, 15) is 0 Å². The Labute approximate surface area is 127 Å². The highest BCUT2D eigenvalue weighted by molar-refractivity contribution is 5.36. The van der Waals surface area contributed by atoms with E-state index >= 15 is 0 Å². The maximum absolute atomic E-state index is 6.01. The SMILES string of the molecule is COc1ccccc1C(CN)N(C)Cc1ccc(C)cc1. The van der Waals surface area contributed by atoms with Gasteiger partial charge in [0.2, 0.25) is 0 Å². The molecule has 0 aromatic heterocycles. The van der Waals surface area contributed by atoms with Crippen LogP contribution in [0.5, 0.6) is 5.75 Å². The Bertz CT molecular complexity index is 566. The van der Waals surface area contributed by atoms with Crippen molar-refractivity contribution in [3.63, 3.8) is 0 Å². The van der Waals surface area contributed by atoms with E-state index in [-0.39, 0.29) is 6.04 Å². The van der Waals surface area contributed by atoms with Crippen LogP contribution in [0.3, 0.4) is 0 Å². The molecule has 0 aliphatic heterocycles. The monoisotopic (exact) mass is 284 g/mol. The predicted octanol–water partition coefficient (Wildman–Crippen LogP) is 3.14. The average Bonchev–Trinajstić information content (AvgIpc) is 2.51. The number of para-hydroxylation sites is 1. The van der Waals surface area contributed by atoms with Gasteiger partial charge in [-0.1, -0.05) is 48.0 Å². The van der Waals surface area contributed by atoms with Crippen LogP contribution in [0, 0.1) is 6.92 Å². The first-order chi connectivity index (χ1) is 10.2. The summed E-state index contributed by atoms with van der Waals surface area (Å²) in [5.74, 6) is 0.892. The van der Waals surface area contributed by atoms with E-state index in [4.69, 9.17) is 10.5 Å². The lowest BCUT2D eigenvalue weighted by Gasteiger charge is -2.28. The smallest absolute Gasteiger partial charge is 0.123 e. The molecule has 0 radical (unpaired) electrons. The van der Waals surface area contributed by atoms with Crippen LogP contribution in [0.2, 0.25) is 0 Å². The van der Waals surface area contributed by atoms with E-state index in [0.29, 0.717) is 6.54 Å². The molecule has 2 rings (SSSR count). The molecule has 0 aliphatic rings. The third-order valence-electron chi connectivity index (χ3n) is 3.81. The van der Waals surface area contributed by atoms with Crippen LogP contribution in [0.15, 0.2) is 48.5 Å². The molecule has 0 heterocycles. The van der Waals surface area contributed by atoms with E-state index in [1.165, 1.54) is 11.1 Å². The molecule has 0 saturated heterocycles. The van der Waals surface area contributed by atoms with Gasteiger partial charge in [-0.05, 0) is 25.6 Å². The minimum absolute atomic E-state index is 0.141. The molecule has 0 spiro atoms. The van der Waals surface area contributed by atoms with E-state index in [1.54, 1.807) is 7.11 Å². The van der Waals surface area contributed by atoms with Gasteiger partial charge >= 0.3 is 0 Å². The van der Waals surface area contributed by atoms with Crippen LogP contribution in [0.4, 0.5) is 0 Å². The third kappa shape index (κ3) is 3.84. The van der Waals surface area contributed by atoms with Crippen LogP contribution < -0.4 is 10.5 Å². The van der Waals surface area contributed by atoms with E-state index in [1.807, 2.05) is 18.2 Å². The van der Waals surface area contributed by atoms with Gasteiger partial charge in [0.25, 0.3) is 0 Å².